The van der Waals surface area contributed by atoms with Gasteiger partial charge in [0.15, 0.2) is 0 Å². The summed E-state index contributed by atoms with van der Waals surface area (Å²) in [6, 6.07) is 8.35. The molecule has 0 saturated heterocycles. The zero-order valence-electron chi connectivity index (χ0n) is 18.8. The normalized spacial score (nSPS) is 12.7. The molecule has 0 aliphatic carbocycles. The van der Waals surface area contributed by atoms with Crippen molar-refractivity contribution in [3.63, 3.8) is 0 Å². The number of sulfone groups is 1. The summed E-state index contributed by atoms with van der Waals surface area (Å²) in [4.78, 5) is 47.8. The number of hydrogen-bond acceptors (Lipinski definition) is 10. The van der Waals surface area contributed by atoms with Crippen molar-refractivity contribution < 1.29 is 37.1 Å². The SMILES string of the molecule is COC(=O)C(CS)NC(=O)c1ccc(S(=O)(=O)c2ccc(C(=O)NC(CS)C(=O)OC)cc2)cc1. The third kappa shape index (κ3) is 6.99. The maximum absolute atomic E-state index is 13.0. The Hall–Kier alpha value is -3.03. The smallest absolute Gasteiger partial charge is 0.329 e. The maximum atomic E-state index is 13.0. The van der Waals surface area contributed by atoms with Crippen LogP contribution < -0.4 is 10.6 Å². The second-order valence-electron chi connectivity index (χ2n) is 7.02. The van der Waals surface area contributed by atoms with Gasteiger partial charge in [0, 0.05) is 22.6 Å². The highest BCUT2D eigenvalue weighted by Gasteiger charge is 2.23. The van der Waals surface area contributed by atoms with Gasteiger partial charge in [-0.3, -0.25) is 9.59 Å². The summed E-state index contributed by atoms with van der Waals surface area (Å²) in [5, 5.41) is 4.92. The van der Waals surface area contributed by atoms with Gasteiger partial charge in [-0.25, -0.2) is 18.0 Å². The van der Waals surface area contributed by atoms with Gasteiger partial charge >= 0.3 is 11.9 Å². The van der Waals surface area contributed by atoms with Gasteiger partial charge in [-0.05, 0) is 48.5 Å². The Morgan fingerprint density at radius 3 is 1.29 bits per heavy atom. The quantitative estimate of drug-likeness (QED) is 0.257. The molecule has 0 aromatic heterocycles. The fraction of sp³-hybridized carbons (Fsp3) is 0.273. The Labute approximate surface area is 213 Å². The van der Waals surface area contributed by atoms with Gasteiger partial charge in [0.1, 0.15) is 12.1 Å². The van der Waals surface area contributed by atoms with Gasteiger partial charge in [-0.2, -0.15) is 25.3 Å². The Kier molecular flexibility index (Phi) is 10.2. The lowest BCUT2D eigenvalue weighted by molar-refractivity contribution is -0.143. The zero-order chi connectivity index (χ0) is 26.2. The Morgan fingerprint density at radius 1 is 0.714 bits per heavy atom. The molecule has 188 valence electrons. The lowest BCUT2D eigenvalue weighted by atomic mass is 10.2. The molecule has 0 saturated carbocycles. The van der Waals surface area contributed by atoms with E-state index in [-0.39, 0.29) is 32.4 Å². The number of carbonyl (C=O) groups is 4. The summed E-state index contributed by atoms with van der Waals surface area (Å²) >= 11 is 8.00. The van der Waals surface area contributed by atoms with E-state index in [1.807, 2.05) is 0 Å². The van der Waals surface area contributed by atoms with E-state index >= 15 is 0 Å². The van der Waals surface area contributed by atoms with Gasteiger partial charge in [-0.1, -0.05) is 0 Å². The van der Waals surface area contributed by atoms with Crippen molar-refractivity contribution in [3.05, 3.63) is 59.7 Å². The van der Waals surface area contributed by atoms with Gasteiger partial charge in [0.05, 0.1) is 24.0 Å². The summed E-state index contributed by atoms with van der Waals surface area (Å²) in [6.07, 6.45) is 0. The minimum Gasteiger partial charge on any atom is -0.467 e. The van der Waals surface area contributed by atoms with E-state index in [1.165, 1.54) is 62.8 Å². The minimum absolute atomic E-state index is 0.0247. The van der Waals surface area contributed by atoms with Crippen molar-refractivity contribution in [1.82, 2.24) is 10.6 Å². The first-order chi connectivity index (χ1) is 16.6. The lowest BCUT2D eigenvalue weighted by Gasteiger charge is -2.14. The van der Waals surface area contributed by atoms with Crippen LogP contribution in [0.3, 0.4) is 0 Å². The molecule has 2 unspecified atom stereocenters. The van der Waals surface area contributed by atoms with Crippen LogP contribution in [0.25, 0.3) is 0 Å². The number of ether oxygens (including phenoxy) is 2. The molecule has 0 spiro atoms. The summed E-state index contributed by atoms with van der Waals surface area (Å²) in [7, 11) is -1.58. The second kappa shape index (κ2) is 12.6. The first-order valence-electron chi connectivity index (χ1n) is 10.0. The fourth-order valence-corrected chi connectivity index (χ4v) is 4.57. The second-order valence-corrected chi connectivity index (χ2v) is 9.70. The predicted octanol–water partition coefficient (Wildman–Crippen LogP) is 0.922. The lowest BCUT2D eigenvalue weighted by Crippen LogP contribution is -2.42. The van der Waals surface area contributed by atoms with Crippen LogP contribution in [0, 0.1) is 0 Å². The van der Waals surface area contributed by atoms with E-state index in [9.17, 15) is 27.6 Å². The van der Waals surface area contributed by atoms with E-state index in [1.54, 1.807) is 0 Å². The first-order valence-corrected chi connectivity index (χ1v) is 12.8. The fourth-order valence-electron chi connectivity index (χ4n) is 2.83. The molecule has 2 atom stereocenters. The Bertz CT molecular complexity index is 1090. The maximum Gasteiger partial charge on any atom is 0.329 e. The molecule has 10 nitrogen and oxygen atoms in total. The van der Waals surface area contributed by atoms with Crippen molar-refractivity contribution in [3.8, 4) is 0 Å². The van der Waals surface area contributed by atoms with Crippen LogP contribution in [0.15, 0.2) is 58.3 Å². The molecule has 0 aliphatic rings. The molecule has 2 rings (SSSR count). The molecule has 0 fully saturated rings. The Balaban J connectivity index is 2.16. The van der Waals surface area contributed by atoms with E-state index in [0.29, 0.717) is 0 Å². The molecular formula is C22H24N2O8S3. The van der Waals surface area contributed by atoms with Crippen molar-refractivity contribution in [2.45, 2.75) is 21.9 Å². The van der Waals surface area contributed by atoms with E-state index in [2.05, 4.69) is 45.4 Å². The number of esters is 2. The molecule has 13 heteroatoms. The van der Waals surface area contributed by atoms with Crippen LogP contribution in [0.4, 0.5) is 0 Å². The van der Waals surface area contributed by atoms with E-state index in [0.717, 1.165) is 0 Å². The number of benzene rings is 2. The van der Waals surface area contributed by atoms with Gasteiger partial charge in [0.2, 0.25) is 9.84 Å². The van der Waals surface area contributed by atoms with Crippen LogP contribution >= 0.6 is 25.3 Å². The largest absolute Gasteiger partial charge is 0.467 e. The van der Waals surface area contributed by atoms with Crippen LogP contribution in [-0.2, 0) is 28.9 Å². The number of rotatable bonds is 10. The molecule has 2 aromatic rings. The molecule has 2 N–H and O–H groups in total. The highest BCUT2D eigenvalue weighted by Crippen LogP contribution is 2.22. The monoisotopic (exact) mass is 540 g/mol. The molecule has 2 amide bonds. The number of methoxy groups -OCH3 is 2. The average Bonchev–Trinajstić information content (AvgIpc) is 2.89. The molecule has 2 aromatic carbocycles. The minimum atomic E-state index is -3.95. The van der Waals surface area contributed by atoms with Crippen LogP contribution in [0.2, 0.25) is 0 Å². The summed E-state index contributed by atoms with van der Waals surface area (Å²) in [5.74, 6) is -2.46. The third-order valence-electron chi connectivity index (χ3n) is 4.80. The number of nitrogens with one attached hydrogen (secondary N) is 2. The molecule has 35 heavy (non-hydrogen) atoms. The zero-order valence-corrected chi connectivity index (χ0v) is 21.4. The molecular weight excluding hydrogens is 516 g/mol. The summed E-state index contributed by atoms with van der Waals surface area (Å²) in [5.41, 5.74) is 0.270. The van der Waals surface area contributed by atoms with Crippen molar-refractivity contribution in [2.24, 2.45) is 0 Å². The van der Waals surface area contributed by atoms with Crippen LogP contribution in [0.1, 0.15) is 20.7 Å². The van der Waals surface area contributed by atoms with Gasteiger partial charge in [0.25, 0.3) is 11.8 Å². The number of amides is 2. The number of carbonyl (C=O) groups excluding carboxylic acids is 4. The topological polar surface area (TPSA) is 145 Å². The first kappa shape index (κ1) is 28.2. The number of hydrogen-bond donors (Lipinski definition) is 4. The highest BCUT2D eigenvalue weighted by atomic mass is 32.2. The standard InChI is InChI=1S/C22H24N2O8S3/c1-31-21(27)17(11-33)23-19(25)13-3-7-15(8-4-13)35(29,30)16-9-5-14(6-10-16)20(26)24-18(12-34)22(28)32-2/h3-10,17-18,33-34H,11-12H2,1-2H3,(H,23,25)(H,24,26). The highest BCUT2D eigenvalue weighted by molar-refractivity contribution is 7.91. The van der Waals surface area contributed by atoms with Gasteiger partial charge < -0.3 is 20.1 Å². The summed E-state index contributed by atoms with van der Waals surface area (Å²) < 4.78 is 35.1. The molecule has 0 heterocycles. The van der Waals surface area contributed by atoms with Gasteiger partial charge in [-0.15, -0.1) is 0 Å². The van der Waals surface area contributed by atoms with E-state index < -0.39 is 45.7 Å². The number of thiol groups is 2. The van der Waals surface area contributed by atoms with Crippen molar-refractivity contribution in [2.75, 3.05) is 25.7 Å². The van der Waals surface area contributed by atoms with Crippen molar-refractivity contribution >= 4 is 58.8 Å². The predicted molar refractivity (Wildman–Crippen MR) is 133 cm³/mol. The van der Waals surface area contributed by atoms with Crippen LogP contribution in [-0.4, -0.2) is 70.0 Å². The molecule has 0 bridgehead atoms. The summed E-state index contributed by atoms with van der Waals surface area (Å²) in [6.45, 7) is 0. The third-order valence-corrected chi connectivity index (χ3v) is 7.32. The average molecular weight is 541 g/mol. The van der Waals surface area contributed by atoms with E-state index in [4.69, 9.17) is 0 Å². The van der Waals surface area contributed by atoms with Crippen molar-refractivity contribution in [1.29, 1.82) is 0 Å². The van der Waals surface area contributed by atoms with Crippen LogP contribution in [0.5, 0.6) is 0 Å². The molecule has 0 aliphatic heterocycles. The molecule has 0 radical (unpaired) electrons. The Morgan fingerprint density at radius 2 is 1.03 bits per heavy atom.